The molecule has 1 aliphatic rings. The molecule has 1 amide bonds. The van der Waals surface area contributed by atoms with Gasteiger partial charge in [-0.25, -0.2) is 5.11 Å². The summed E-state index contributed by atoms with van der Waals surface area (Å²) in [6, 6.07) is -0.0380. The molecule has 75 valence electrons. The van der Waals surface area contributed by atoms with Gasteiger partial charge in [-0.15, -0.1) is 0 Å². The minimum atomic E-state index is -0.114. The fourth-order valence-electron chi connectivity index (χ4n) is 1.79. The maximum absolute atomic E-state index is 11.6. The van der Waals surface area contributed by atoms with Gasteiger partial charge in [0.2, 0.25) is 5.91 Å². The van der Waals surface area contributed by atoms with Crippen molar-refractivity contribution in [3.05, 3.63) is 0 Å². The second kappa shape index (κ2) is 4.58. The van der Waals surface area contributed by atoms with Gasteiger partial charge in [0.15, 0.2) is 0 Å². The molecule has 0 spiro atoms. The largest absolute Gasteiger partial charge is 0.347 e. The lowest BCUT2D eigenvalue weighted by Gasteiger charge is -2.24. The van der Waals surface area contributed by atoms with Gasteiger partial charge in [-0.3, -0.25) is 9.69 Å². The summed E-state index contributed by atoms with van der Waals surface area (Å²) in [7, 11) is 3.52. The van der Waals surface area contributed by atoms with Gasteiger partial charge in [0.1, 0.15) is 0 Å². The van der Waals surface area contributed by atoms with E-state index in [0.717, 1.165) is 19.4 Å². The summed E-state index contributed by atoms with van der Waals surface area (Å²) >= 11 is 0. The van der Waals surface area contributed by atoms with Crippen molar-refractivity contribution >= 4 is 5.91 Å². The molecule has 1 fully saturated rings. The minimum Gasteiger partial charge on any atom is -0.347 e. The first-order valence-electron chi connectivity index (χ1n) is 4.70. The second-order valence-corrected chi connectivity index (χ2v) is 3.63. The molecule has 1 aliphatic heterocycles. The third-order valence-electron chi connectivity index (χ3n) is 2.47. The Morgan fingerprint density at radius 2 is 2.23 bits per heavy atom. The number of likely N-dealkylation sites (tertiary alicyclic amines) is 1. The summed E-state index contributed by atoms with van der Waals surface area (Å²) < 4.78 is 0. The van der Waals surface area contributed by atoms with Crippen LogP contribution in [-0.2, 0) is 9.90 Å². The number of hydrogen-bond donors (Lipinski definition) is 0. The average Bonchev–Trinajstić information content (AvgIpc) is 2.52. The van der Waals surface area contributed by atoms with Crippen LogP contribution in [0.1, 0.15) is 12.8 Å². The van der Waals surface area contributed by atoms with Crippen molar-refractivity contribution in [1.29, 1.82) is 0 Å². The van der Waals surface area contributed by atoms with Crippen LogP contribution in [0.3, 0.4) is 0 Å². The maximum atomic E-state index is 11.6. The lowest BCUT2D eigenvalue weighted by molar-refractivity contribution is -0.133. The predicted molar refractivity (Wildman–Crippen MR) is 48.8 cm³/mol. The maximum Gasteiger partial charge on any atom is 0.239 e. The van der Waals surface area contributed by atoms with Crippen LogP contribution < -0.4 is 0 Å². The van der Waals surface area contributed by atoms with Gasteiger partial charge >= 0.3 is 0 Å². The Balaban J connectivity index is 2.52. The Bertz CT molecular complexity index is 182. The van der Waals surface area contributed by atoms with Crippen LogP contribution >= 0.6 is 0 Å². The molecule has 0 saturated carbocycles. The Morgan fingerprint density at radius 3 is 2.77 bits per heavy atom. The summed E-state index contributed by atoms with van der Waals surface area (Å²) in [4.78, 5) is 15.2. The first-order valence-corrected chi connectivity index (χ1v) is 4.70. The monoisotopic (exact) mass is 185 g/mol. The van der Waals surface area contributed by atoms with Gasteiger partial charge in [-0.05, 0) is 19.4 Å². The zero-order valence-corrected chi connectivity index (χ0v) is 8.32. The molecule has 1 heterocycles. The summed E-state index contributed by atoms with van der Waals surface area (Å²) in [6.45, 7) is 1.29. The number of nitrogens with zero attached hydrogens (tertiary/aromatic N) is 2. The molecule has 1 radical (unpaired) electrons. The Hall–Kier alpha value is -0.610. The molecular weight excluding hydrogens is 168 g/mol. The van der Waals surface area contributed by atoms with Gasteiger partial charge in [0, 0.05) is 20.6 Å². The van der Waals surface area contributed by atoms with Crippen molar-refractivity contribution in [2.75, 3.05) is 33.8 Å². The number of amides is 1. The molecule has 0 unspecified atom stereocenters. The van der Waals surface area contributed by atoms with Crippen molar-refractivity contribution < 1.29 is 9.90 Å². The third kappa shape index (κ3) is 2.42. The van der Waals surface area contributed by atoms with E-state index in [0.29, 0.717) is 6.54 Å². The zero-order chi connectivity index (χ0) is 9.84. The first-order chi connectivity index (χ1) is 6.16. The molecule has 0 aromatic heterocycles. The lowest BCUT2D eigenvalue weighted by Crippen LogP contribution is -2.43. The molecular formula is C9H17N2O2. The second-order valence-electron chi connectivity index (χ2n) is 3.63. The SMILES string of the molecule is CN(C)C(=O)[C@@H]1CCCN1CC[O]. The van der Waals surface area contributed by atoms with Crippen LogP contribution in [0.2, 0.25) is 0 Å². The number of hydrogen-bond acceptors (Lipinski definition) is 2. The van der Waals surface area contributed by atoms with E-state index in [1.165, 1.54) is 0 Å². The highest BCUT2D eigenvalue weighted by molar-refractivity contribution is 5.81. The molecule has 1 atom stereocenters. The highest BCUT2D eigenvalue weighted by Gasteiger charge is 2.30. The fraction of sp³-hybridized carbons (Fsp3) is 0.889. The van der Waals surface area contributed by atoms with Crippen molar-refractivity contribution in [2.24, 2.45) is 0 Å². The van der Waals surface area contributed by atoms with E-state index in [1.54, 1.807) is 19.0 Å². The van der Waals surface area contributed by atoms with Gasteiger partial charge in [0.25, 0.3) is 0 Å². The molecule has 1 saturated heterocycles. The van der Waals surface area contributed by atoms with E-state index in [9.17, 15) is 9.90 Å². The number of carbonyl (C=O) groups excluding carboxylic acids is 1. The highest BCUT2D eigenvalue weighted by atomic mass is 16.3. The molecule has 0 N–H and O–H groups in total. The number of rotatable bonds is 3. The summed E-state index contributed by atoms with van der Waals surface area (Å²) in [5.41, 5.74) is 0. The average molecular weight is 185 g/mol. The molecule has 4 nitrogen and oxygen atoms in total. The van der Waals surface area contributed by atoms with Crippen molar-refractivity contribution in [3.8, 4) is 0 Å². The highest BCUT2D eigenvalue weighted by Crippen LogP contribution is 2.17. The van der Waals surface area contributed by atoms with E-state index >= 15 is 0 Å². The molecule has 1 rings (SSSR count). The quantitative estimate of drug-likeness (QED) is 0.619. The summed E-state index contributed by atoms with van der Waals surface area (Å²) in [5, 5.41) is 10.5. The van der Waals surface area contributed by atoms with Crippen LogP contribution in [0.15, 0.2) is 0 Å². The molecule has 0 aliphatic carbocycles. The first kappa shape index (κ1) is 10.5. The van der Waals surface area contributed by atoms with Gasteiger partial charge in [-0.1, -0.05) is 0 Å². The molecule has 0 aromatic carbocycles. The van der Waals surface area contributed by atoms with E-state index in [1.807, 2.05) is 4.90 Å². The Kier molecular flexibility index (Phi) is 3.69. The fourth-order valence-corrected chi connectivity index (χ4v) is 1.79. The van der Waals surface area contributed by atoms with Crippen LogP contribution in [0, 0.1) is 0 Å². The molecule has 0 aromatic rings. The standard InChI is InChI=1S/C9H17N2O2/c1-10(2)9(13)8-4-3-5-11(8)6-7-12/h8H,3-7H2,1-2H3/t8-/m0/s1. The minimum absolute atomic E-state index is 0.0380. The van der Waals surface area contributed by atoms with E-state index in [2.05, 4.69) is 0 Å². The molecule has 0 bridgehead atoms. The van der Waals surface area contributed by atoms with Crippen LogP contribution in [0.5, 0.6) is 0 Å². The Labute approximate surface area is 79.1 Å². The van der Waals surface area contributed by atoms with Gasteiger partial charge in [0.05, 0.1) is 12.6 Å². The van der Waals surface area contributed by atoms with Gasteiger partial charge in [-0.2, -0.15) is 0 Å². The predicted octanol–water partition coefficient (Wildman–Crippen LogP) is -0.0305. The van der Waals surface area contributed by atoms with Crippen molar-refractivity contribution in [1.82, 2.24) is 9.80 Å². The smallest absolute Gasteiger partial charge is 0.239 e. The number of carbonyl (C=O) groups is 1. The third-order valence-corrected chi connectivity index (χ3v) is 2.47. The van der Waals surface area contributed by atoms with E-state index in [-0.39, 0.29) is 18.6 Å². The van der Waals surface area contributed by atoms with Crippen LogP contribution in [0.25, 0.3) is 0 Å². The Morgan fingerprint density at radius 1 is 1.54 bits per heavy atom. The summed E-state index contributed by atoms with van der Waals surface area (Å²) in [5.74, 6) is 0.131. The summed E-state index contributed by atoms with van der Waals surface area (Å²) in [6.07, 6.45) is 1.93. The lowest BCUT2D eigenvalue weighted by atomic mass is 10.2. The van der Waals surface area contributed by atoms with E-state index in [4.69, 9.17) is 0 Å². The van der Waals surface area contributed by atoms with E-state index < -0.39 is 0 Å². The zero-order valence-electron chi connectivity index (χ0n) is 8.32. The van der Waals surface area contributed by atoms with Crippen molar-refractivity contribution in [2.45, 2.75) is 18.9 Å². The van der Waals surface area contributed by atoms with Gasteiger partial charge < -0.3 is 4.90 Å². The normalized spacial score (nSPS) is 23.5. The number of likely N-dealkylation sites (N-methyl/N-ethyl adjacent to an activating group) is 1. The van der Waals surface area contributed by atoms with Crippen LogP contribution in [0.4, 0.5) is 0 Å². The van der Waals surface area contributed by atoms with Crippen LogP contribution in [-0.4, -0.2) is 55.5 Å². The van der Waals surface area contributed by atoms with Crippen molar-refractivity contribution in [3.63, 3.8) is 0 Å². The molecule has 4 heteroatoms. The topological polar surface area (TPSA) is 43.5 Å². The molecule has 13 heavy (non-hydrogen) atoms.